The summed E-state index contributed by atoms with van der Waals surface area (Å²) < 4.78 is 2.41. The van der Waals surface area contributed by atoms with Gasteiger partial charge in [-0.05, 0) is 55.8 Å². The van der Waals surface area contributed by atoms with Crippen molar-refractivity contribution in [2.45, 2.75) is 31.6 Å². The summed E-state index contributed by atoms with van der Waals surface area (Å²) in [6, 6.07) is 7.01. The first-order valence-electron chi connectivity index (χ1n) is 7.86. The number of nitrogens with zero attached hydrogens (tertiary/aromatic N) is 2. The highest BCUT2D eigenvalue weighted by molar-refractivity contribution is 5.92. The quantitative estimate of drug-likeness (QED) is 0.929. The lowest BCUT2D eigenvalue weighted by Gasteiger charge is -2.41. The monoisotopic (exact) mass is 269 g/mol. The molecule has 3 nitrogen and oxygen atoms in total. The molecule has 1 fully saturated rings. The van der Waals surface area contributed by atoms with Gasteiger partial charge in [-0.3, -0.25) is 0 Å². The average Bonchev–Trinajstić information content (AvgIpc) is 2.82. The highest BCUT2D eigenvalue weighted by atomic mass is 15.3. The summed E-state index contributed by atoms with van der Waals surface area (Å²) >= 11 is 0. The predicted molar refractivity (Wildman–Crippen MR) is 84.5 cm³/mol. The Bertz CT molecular complexity index is 648. The lowest BCUT2D eigenvalue weighted by atomic mass is 9.84. The molecule has 1 saturated heterocycles. The van der Waals surface area contributed by atoms with Crippen LogP contribution in [0.2, 0.25) is 0 Å². The summed E-state index contributed by atoms with van der Waals surface area (Å²) in [6.07, 6.45) is 4.85. The number of nitrogens with two attached hydrogens (primary N) is 1. The highest BCUT2D eigenvalue weighted by Crippen LogP contribution is 2.47. The summed E-state index contributed by atoms with van der Waals surface area (Å²) in [5.74, 6) is 2.27. The Morgan fingerprint density at radius 1 is 1.25 bits per heavy atom. The number of rotatable bonds is 3. The molecule has 1 aromatic carbocycles. The third-order valence-electron chi connectivity index (χ3n) is 5.14. The van der Waals surface area contributed by atoms with Gasteiger partial charge in [0.15, 0.2) is 0 Å². The first-order chi connectivity index (χ1) is 9.79. The van der Waals surface area contributed by atoms with Crippen LogP contribution in [0.15, 0.2) is 18.2 Å². The Labute approximate surface area is 120 Å². The Balaban J connectivity index is 1.89. The summed E-state index contributed by atoms with van der Waals surface area (Å²) in [4.78, 5) is 2.58. The summed E-state index contributed by atoms with van der Waals surface area (Å²) in [5.41, 5.74) is 10.1. The van der Waals surface area contributed by atoms with E-state index >= 15 is 0 Å². The first kappa shape index (κ1) is 12.3. The minimum absolute atomic E-state index is 0.779. The van der Waals surface area contributed by atoms with E-state index in [1.54, 1.807) is 5.56 Å². The first-order valence-corrected chi connectivity index (χ1v) is 7.86. The number of aryl methyl sites for hydroxylation is 2. The lowest BCUT2D eigenvalue weighted by molar-refractivity contribution is 0.469. The second-order valence-corrected chi connectivity index (χ2v) is 6.30. The molecule has 0 saturated carbocycles. The molecule has 0 unspecified atom stereocenters. The van der Waals surface area contributed by atoms with Crippen LogP contribution in [-0.2, 0) is 13.5 Å². The Morgan fingerprint density at radius 2 is 2.05 bits per heavy atom. The van der Waals surface area contributed by atoms with Crippen LogP contribution in [0.5, 0.6) is 0 Å². The maximum absolute atomic E-state index is 5.64. The number of fused-ring (bicyclic) bond motifs is 3. The van der Waals surface area contributed by atoms with Crippen LogP contribution in [0.3, 0.4) is 0 Å². The molecular formula is C17H23N3. The molecule has 0 atom stereocenters. The van der Waals surface area contributed by atoms with Crippen LogP contribution in [-0.4, -0.2) is 24.2 Å². The standard InChI is InChI=1S/C17H23N3/c1-19-15-5-4-12(3-2-8-18)11-14(15)16-13-6-9-20(10-7-13)17(16)19/h4-5,11,13H,2-3,6-10,18H2,1H3. The van der Waals surface area contributed by atoms with Crippen molar-refractivity contribution in [3.05, 3.63) is 29.3 Å². The number of hydrogen-bond donors (Lipinski definition) is 1. The molecule has 0 amide bonds. The minimum atomic E-state index is 0.779. The Kier molecular flexibility index (Phi) is 2.77. The molecule has 20 heavy (non-hydrogen) atoms. The predicted octanol–water partition coefficient (Wildman–Crippen LogP) is 2.77. The zero-order chi connectivity index (χ0) is 13.7. The van der Waals surface area contributed by atoms with Crippen LogP contribution >= 0.6 is 0 Å². The van der Waals surface area contributed by atoms with E-state index < -0.39 is 0 Å². The third-order valence-corrected chi connectivity index (χ3v) is 5.14. The van der Waals surface area contributed by atoms with Gasteiger partial charge in [0.25, 0.3) is 0 Å². The van der Waals surface area contributed by atoms with E-state index in [1.165, 1.54) is 48.2 Å². The van der Waals surface area contributed by atoms with Gasteiger partial charge in [0.1, 0.15) is 5.82 Å². The van der Waals surface area contributed by atoms with Crippen molar-refractivity contribution in [3.8, 4) is 0 Å². The Morgan fingerprint density at radius 3 is 2.80 bits per heavy atom. The molecule has 2 N–H and O–H groups in total. The normalized spacial score (nSPS) is 18.0. The van der Waals surface area contributed by atoms with Crippen molar-refractivity contribution < 1.29 is 0 Å². The number of anilines is 1. The van der Waals surface area contributed by atoms with Crippen molar-refractivity contribution in [2.75, 3.05) is 24.5 Å². The number of benzene rings is 1. The van der Waals surface area contributed by atoms with Crippen LogP contribution in [0.4, 0.5) is 5.82 Å². The van der Waals surface area contributed by atoms with Crippen LogP contribution < -0.4 is 10.6 Å². The highest BCUT2D eigenvalue weighted by Gasteiger charge is 2.35. The largest absolute Gasteiger partial charge is 0.358 e. The summed E-state index contributed by atoms with van der Waals surface area (Å²) in [5, 5.41) is 1.49. The topological polar surface area (TPSA) is 34.2 Å². The fourth-order valence-corrected chi connectivity index (χ4v) is 4.13. The van der Waals surface area contributed by atoms with Crippen LogP contribution in [0.25, 0.3) is 10.9 Å². The van der Waals surface area contributed by atoms with E-state index in [0.717, 1.165) is 25.3 Å². The molecule has 0 aliphatic carbocycles. The third kappa shape index (κ3) is 1.62. The van der Waals surface area contributed by atoms with Crippen molar-refractivity contribution in [1.29, 1.82) is 0 Å². The average molecular weight is 269 g/mol. The molecule has 106 valence electrons. The minimum Gasteiger partial charge on any atom is -0.358 e. The van der Waals surface area contributed by atoms with Crippen molar-refractivity contribution in [3.63, 3.8) is 0 Å². The van der Waals surface area contributed by atoms with Gasteiger partial charge in [0.2, 0.25) is 0 Å². The van der Waals surface area contributed by atoms with E-state index in [4.69, 9.17) is 5.73 Å². The van der Waals surface area contributed by atoms with Gasteiger partial charge in [-0.25, -0.2) is 0 Å². The smallest absolute Gasteiger partial charge is 0.112 e. The molecule has 4 heterocycles. The van der Waals surface area contributed by atoms with E-state index in [2.05, 4.69) is 34.7 Å². The van der Waals surface area contributed by atoms with Crippen molar-refractivity contribution in [1.82, 2.24) is 4.57 Å². The van der Waals surface area contributed by atoms with E-state index in [0.29, 0.717) is 0 Å². The second-order valence-electron chi connectivity index (χ2n) is 6.30. The second kappa shape index (κ2) is 4.52. The molecule has 2 aromatic rings. The number of piperidine rings is 1. The van der Waals surface area contributed by atoms with Gasteiger partial charge in [0.05, 0.1) is 0 Å². The van der Waals surface area contributed by atoms with Gasteiger partial charge in [0, 0.05) is 36.6 Å². The zero-order valence-electron chi connectivity index (χ0n) is 12.2. The molecule has 5 rings (SSSR count). The molecule has 1 aromatic heterocycles. The van der Waals surface area contributed by atoms with Gasteiger partial charge in [-0.1, -0.05) is 6.07 Å². The molecule has 0 radical (unpaired) electrons. The Hall–Kier alpha value is -1.48. The molecule has 3 aliphatic heterocycles. The van der Waals surface area contributed by atoms with Crippen molar-refractivity contribution in [2.24, 2.45) is 12.8 Å². The lowest BCUT2D eigenvalue weighted by Crippen LogP contribution is -2.39. The van der Waals surface area contributed by atoms with Crippen LogP contribution in [0, 0.1) is 0 Å². The maximum Gasteiger partial charge on any atom is 0.112 e. The van der Waals surface area contributed by atoms with Gasteiger partial charge in [-0.2, -0.15) is 0 Å². The molecule has 0 spiro atoms. The molecular weight excluding hydrogens is 246 g/mol. The van der Waals surface area contributed by atoms with Gasteiger partial charge in [-0.15, -0.1) is 0 Å². The summed E-state index contributed by atoms with van der Waals surface area (Å²) in [6.45, 7) is 3.26. The SMILES string of the molecule is Cn1c2c(c3cc(CCCN)ccc31)C1CCN2CC1. The molecule has 3 heteroatoms. The van der Waals surface area contributed by atoms with E-state index in [-0.39, 0.29) is 0 Å². The van der Waals surface area contributed by atoms with E-state index in [1.807, 2.05) is 0 Å². The maximum atomic E-state index is 5.64. The molecule has 2 bridgehead atoms. The number of aromatic nitrogens is 1. The van der Waals surface area contributed by atoms with Gasteiger partial charge < -0.3 is 15.2 Å². The fraction of sp³-hybridized carbons (Fsp3) is 0.529. The zero-order valence-corrected chi connectivity index (χ0v) is 12.2. The number of hydrogen-bond acceptors (Lipinski definition) is 2. The van der Waals surface area contributed by atoms with Crippen LogP contribution in [0.1, 0.15) is 36.3 Å². The van der Waals surface area contributed by atoms with Gasteiger partial charge >= 0.3 is 0 Å². The molecule has 3 aliphatic rings. The van der Waals surface area contributed by atoms with E-state index in [9.17, 15) is 0 Å². The van der Waals surface area contributed by atoms with Crippen molar-refractivity contribution >= 4 is 16.7 Å². The summed E-state index contributed by atoms with van der Waals surface area (Å²) in [7, 11) is 2.22. The fourth-order valence-electron chi connectivity index (χ4n) is 4.13.